The molecular weight excluding hydrogens is 194 g/mol. The summed E-state index contributed by atoms with van der Waals surface area (Å²) in [7, 11) is 0. The average molecular weight is 215 g/mol. The number of aliphatic hydroxyl groups is 1. The lowest BCUT2D eigenvalue weighted by Crippen LogP contribution is -2.50. The van der Waals surface area contributed by atoms with Crippen molar-refractivity contribution in [1.82, 2.24) is 4.90 Å². The summed E-state index contributed by atoms with van der Waals surface area (Å²) >= 11 is 0. The summed E-state index contributed by atoms with van der Waals surface area (Å²) < 4.78 is 0. The van der Waals surface area contributed by atoms with Crippen LogP contribution < -0.4 is 0 Å². The first kappa shape index (κ1) is 12.3. The zero-order valence-electron chi connectivity index (χ0n) is 9.95. The molecule has 2 atom stereocenters. The standard InChI is InChI=1S/C11H21NO3/c1-10(2,3)12(9(13)14)8-5-6-11(4,15)7-8/h8,15H,5-7H2,1-4H3,(H,13,14). The molecule has 4 heteroatoms. The Bertz CT molecular complexity index is 255. The maximum Gasteiger partial charge on any atom is 0.407 e. The van der Waals surface area contributed by atoms with Crippen LogP contribution in [-0.2, 0) is 0 Å². The quantitative estimate of drug-likeness (QED) is 0.704. The van der Waals surface area contributed by atoms with Gasteiger partial charge in [-0.25, -0.2) is 4.79 Å². The lowest BCUT2D eigenvalue weighted by Gasteiger charge is -2.38. The Hall–Kier alpha value is -0.770. The molecule has 2 unspecified atom stereocenters. The molecule has 0 saturated heterocycles. The highest BCUT2D eigenvalue weighted by Crippen LogP contribution is 2.35. The van der Waals surface area contributed by atoms with Crippen LogP contribution in [0.25, 0.3) is 0 Å². The molecule has 1 fully saturated rings. The van der Waals surface area contributed by atoms with Gasteiger partial charge in [-0.1, -0.05) is 0 Å². The predicted molar refractivity (Wildman–Crippen MR) is 57.9 cm³/mol. The lowest BCUT2D eigenvalue weighted by molar-refractivity contribution is 0.0395. The van der Waals surface area contributed by atoms with E-state index in [2.05, 4.69) is 0 Å². The van der Waals surface area contributed by atoms with Crippen molar-refractivity contribution in [2.75, 3.05) is 0 Å². The molecule has 1 amide bonds. The van der Waals surface area contributed by atoms with E-state index in [1.807, 2.05) is 20.8 Å². The normalized spacial score (nSPS) is 31.7. The third kappa shape index (κ3) is 2.84. The highest BCUT2D eigenvalue weighted by Gasteiger charge is 2.41. The number of nitrogens with zero attached hydrogens (tertiary/aromatic N) is 1. The second-order valence-corrected chi connectivity index (χ2v) is 5.72. The van der Waals surface area contributed by atoms with Crippen molar-refractivity contribution in [3.63, 3.8) is 0 Å². The summed E-state index contributed by atoms with van der Waals surface area (Å²) in [4.78, 5) is 12.7. The Kier molecular flexibility index (Phi) is 3.01. The Balaban J connectivity index is 2.80. The van der Waals surface area contributed by atoms with E-state index < -0.39 is 17.2 Å². The van der Waals surface area contributed by atoms with E-state index in [1.165, 1.54) is 4.90 Å². The molecule has 0 aromatic rings. The summed E-state index contributed by atoms with van der Waals surface area (Å²) in [6, 6.07) is -0.0579. The number of hydrogen-bond donors (Lipinski definition) is 2. The van der Waals surface area contributed by atoms with Gasteiger partial charge in [0.15, 0.2) is 0 Å². The maximum atomic E-state index is 11.2. The van der Waals surface area contributed by atoms with E-state index in [4.69, 9.17) is 0 Å². The smallest absolute Gasteiger partial charge is 0.407 e. The topological polar surface area (TPSA) is 60.8 Å². The molecule has 0 aromatic carbocycles. The highest BCUT2D eigenvalue weighted by atomic mass is 16.4. The van der Waals surface area contributed by atoms with Gasteiger partial charge in [0.05, 0.1) is 5.60 Å². The van der Waals surface area contributed by atoms with E-state index in [-0.39, 0.29) is 6.04 Å². The van der Waals surface area contributed by atoms with Crippen molar-refractivity contribution in [2.45, 2.75) is 64.1 Å². The van der Waals surface area contributed by atoms with Gasteiger partial charge in [0.1, 0.15) is 0 Å². The van der Waals surface area contributed by atoms with Crippen LogP contribution in [0.15, 0.2) is 0 Å². The van der Waals surface area contributed by atoms with Gasteiger partial charge < -0.3 is 15.1 Å². The van der Waals surface area contributed by atoms with Gasteiger partial charge in [-0.05, 0) is 47.0 Å². The molecular formula is C11H21NO3. The molecule has 0 aromatic heterocycles. The minimum Gasteiger partial charge on any atom is -0.465 e. The van der Waals surface area contributed by atoms with E-state index in [1.54, 1.807) is 6.92 Å². The van der Waals surface area contributed by atoms with Crippen LogP contribution in [0.4, 0.5) is 4.79 Å². The van der Waals surface area contributed by atoms with Crippen LogP contribution in [0.1, 0.15) is 47.0 Å². The summed E-state index contributed by atoms with van der Waals surface area (Å²) in [6.07, 6.45) is 1.06. The van der Waals surface area contributed by atoms with E-state index in [0.717, 1.165) is 6.42 Å². The third-order valence-electron chi connectivity index (χ3n) is 2.99. The molecule has 0 aliphatic heterocycles. The second kappa shape index (κ2) is 3.67. The fraction of sp³-hybridized carbons (Fsp3) is 0.909. The van der Waals surface area contributed by atoms with Gasteiger partial charge in [-0.15, -0.1) is 0 Å². The number of rotatable bonds is 1. The van der Waals surface area contributed by atoms with Crippen LogP contribution >= 0.6 is 0 Å². The van der Waals surface area contributed by atoms with Crippen molar-refractivity contribution < 1.29 is 15.0 Å². The first-order chi connectivity index (χ1) is 6.63. The fourth-order valence-electron chi connectivity index (χ4n) is 2.40. The maximum absolute atomic E-state index is 11.2. The minimum atomic E-state index is -0.898. The van der Waals surface area contributed by atoms with Crippen LogP contribution in [-0.4, -0.2) is 38.4 Å². The molecule has 0 heterocycles. The molecule has 88 valence electrons. The van der Waals surface area contributed by atoms with Gasteiger partial charge in [0, 0.05) is 11.6 Å². The third-order valence-corrected chi connectivity index (χ3v) is 2.99. The molecule has 0 spiro atoms. The van der Waals surface area contributed by atoms with E-state index in [9.17, 15) is 15.0 Å². The molecule has 4 nitrogen and oxygen atoms in total. The Labute approximate surface area is 90.9 Å². The molecule has 1 rings (SSSR count). The zero-order chi connectivity index (χ0) is 11.9. The molecule has 1 aliphatic rings. The molecule has 15 heavy (non-hydrogen) atoms. The summed E-state index contributed by atoms with van der Waals surface area (Å²) in [5.41, 5.74) is -1.11. The SMILES string of the molecule is CC1(O)CCC(N(C(=O)O)C(C)(C)C)C1. The van der Waals surface area contributed by atoms with Crippen LogP contribution in [0.2, 0.25) is 0 Å². The Morgan fingerprint density at radius 1 is 1.47 bits per heavy atom. The molecule has 1 saturated carbocycles. The van der Waals surface area contributed by atoms with Gasteiger partial charge in [-0.2, -0.15) is 0 Å². The minimum absolute atomic E-state index is 0.0579. The van der Waals surface area contributed by atoms with Crippen molar-refractivity contribution in [3.05, 3.63) is 0 Å². The highest BCUT2D eigenvalue weighted by molar-refractivity contribution is 5.66. The van der Waals surface area contributed by atoms with Crippen molar-refractivity contribution in [3.8, 4) is 0 Å². The molecule has 0 bridgehead atoms. The lowest BCUT2D eigenvalue weighted by atomic mass is 10.0. The van der Waals surface area contributed by atoms with Crippen LogP contribution in [0, 0.1) is 0 Å². The zero-order valence-corrected chi connectivity index (χ0v) is 9.95. The van der Waals surface area contributed by atoms with E-state index >= 15 is 0 Å². The summed E-state index contributed by atoms with van der Waals surface area (Å²) in [6.45, 7) is 7.42. The van der Waals surface area contributed by atoms with E-state index in [0.29, 0.717) is 12.8 Å². The average Bonchev–Trinajstić information content (AvgIpc) is 2.25. The second-order valence-electron chi connectivity index (χ2n) is 5.72. The fourth-order valence-corrected chi connectivity index (χ4v) is 2.40. The number of carboxylic acid groups (broad SMARTS) is 1. The number of hydrogen-bond acceptors (Lipinski definition) is 2. The summed E-state index contributed by atoms with van der Waals surface area (Å²) in [5, 5.41) is 19.0. The largest absolute Gasteiger partial charge is 0.465 e. The number of amides is 1. The van der Waals surface area contributed by atoms with Gasteiger partial charge in [-0.3, -0.25) is 0 Å². The molecule has 0 radical (unpaired) electrons. The van der Waals surface area contributed by atoms with Gasteiger partial charge >= 0.3 is 6.09 Å². The van der Waals surface area contributed by atoms with Crippen molar-refractivity contribution in [1.29, 1.82) is 0 Å². The van der Waals surface area contributed by atoms with Crippen LogP contribution in [0.3, 0.4) is 0 Å². The van der Waals surface area contributed by atoms with Gasteiger partial charge in [0.25, 0.3) is 0 Å². The summed E-state index contributed by atoms with van der Waals surface area (Å²) in [5.74, 6) is 0. The van der Waals surface area contributed by atoms with Gasteiger partial charge in [0.2, 0.25) is 0 Å². The Morgan fingerprint density at radius 2 is 2.00 bits per heavy atom. The van der Waals surface area contributed by atoms with Crippen molar-refractivity contribution in [2.24, 2.45) is 0 Å². The number of carbonyl (C=O) groups is 1. The van der Waals surface area contributed by atoms with Crippen molar-refractivity contribution >= 4 is 6.09 Å². The Morgan fingerprint density at radius 3 is 2.27 bits per heavy atom. The van der Waals surface area contributed by atoms with Crippen LogP contribution in [0.5, 0.6) is 0 Å². The first-order valence-corrected chi connectivity index (χ1v) is 5.38. The predicted octanol–water partition coefficient (Wildman–Crippen LogP) is 2.07. The molecule has 2 N–H and O–H groups in total. The first-order valence-electron chi connectivity index (χ1n) is 5.38. The molecule has 1 aliphatic carbocycles. The monoisotopic (exact) mass is 215 g/mol.